The number of carboxylic acids is 1. The molecular weight excluding hydrogens is 228 g/mol. The summed E-state index contributed by atoms with van der Waals surface area (Å²) >= 11 is 0. The molecule has 0 aromatic heterocycles. The zero-order chi connectivity index (χ0) is 13.3. The molecule has 0 spiro atoms. The molecule has 18 heavy (non-hydrogen) atoms. The number of hydrogen-bond donors (Lipinski definition) is 2. The van der Waals surface area contributed by atoms with E-state index in [1.54, 1.807) is 0 Å². The molecule has 0 bridgehead atoms. The van der Waals surface area contributed by atoms with Gasteiger partial charge in [0, 0.05) is 19.1 Å². The Morgan fingerprint density at radius 1 is 1.44 bits per heavy atom. The zero-order valence-corrected chi connectivity index (χ0v) is 11.8. The van der Waals surface area contributed by atoms with Crippen LogP contribution in [0.4, 0.5) is 0 Å². The number of hydrogen-bond acceptors (Lipinski definition) is 3. The van der Waals surface area contributed by atoms with Gasteiger partial charge in [-0.15, -0.1) is 0 Å². The van der Waals surface area contributed by atoms with Crippen molar-refractivity contribution in [3.8, 4) is 0 Å². The summed E-state index contributed by atoms with van der Waals surface area (Å²) in [4.78, 5) is 13.8. The lowest BCUT2D eigenvalue weighted by molar-refractivity contribution is -0.145. The van der Waals surface area contributed by atoms with Gasteiger partial charge in [0.2, 0.25) is 0 Å². The van der Waals surface area contributed by atoms with Gasteiger partial charge in [-0.2, -0.15) is 0 Å². The predicted octanol–water partition coefficient (Wildman–Crippen LogP) is 1.56. The van der Waals surface area contributed by atoms with Crippen molar-refractivity contribution in [2.24, 2.45) is 11.8 Å². The van der Waals surface area contributed by atoms with Crippen molar-refractivity contribution in [3.05, 3.63) is 0 Å². The third kappa shape index (κ3) is 3.23. The SMILES string of the molecule is CC(C)C1CCN(CC(C)(NC2CC2)C(=O)O)C1. The Kier molecular flexibility index (Phi) is 3.97. The summed E-state index contributed by atoms with van der Waals surface area (Å²) in [6, 6.07) is 0.426. The summed E-state index contributed by atoms with van der Waals surface area (Å²) in [5.74, 6) is 0.703. The number of nitrogens with one attached hydrogen (secondary N) is 1. The van der Waals surface area contributed by atoms with Gasteiger partial charge in [0.05, 0.1) is 0 Å². The molecule has 2 atom stereocenters. The van der Waals surface area contributed by atoms with E-state index in [1.807, 2.05) is 6.92 Å². The first-order valence-electron chi connectivity index (χ1n) is 7.14. The van der Waals surface area contributed by atoms with Crippen molar-refractivity contribution in [1.29, 1.82) is 0 Å². The van der Waals surface area contributed by atoms with Crippen molar-refractivity contribution < 1.29 is 9.90 Å². The topological polar surface area (TPSA) is 52.6 Å². The third-order valence-electron chi connectivity index (χ3n) is 4.36. The number of aliphatic carboxylic acids is 1. The number of nitrogens with zero attached hydrogens (tertiary/aromatic N) is 1. The molecule has 2 fully saturated rings. The molecule has 4 nitrogen and oxygen atoms in total. The fourth-order valence-corrected chi connectivity index (χ4v) is 2.85. The Balaban J connectivity index is 1.91. The molecule has 0 radical (unpaired) electrons. The molecule has 1 heterocycles. The Morgan fingerprint density at radius 2 is 2.11 bits per heavy atom. The molecule has 2 aliphatic rings. The van der Waals surface area contributed by atoms with E-state index in [1.165, 1.54) is 6.42 Å². The van der Waals surface area contributed by atoms with Gasteiger partial charge in [0.15, 0.2) is 0 Å². The lowest BCUT2D eigenvalue weighted by Crippen LogP contribution is -2.57. The van der Waals surface area contributed by atoms with Gasteiger partial charge in [-0.3, -0.25) is 10.1 Å². The summed E-state index contributed by atoms with van der Waals surface area (Å²) in [5.41, 5.74) is -0.785. The number of rotatable bonds is 6. The van der Waals surface area contributed by atoms with Gasteiger partial charge in [-0.25, -0.2) is 0 Å². The van der Waals surface area contributed by atoms with Crippen LogP contribution in [0.2, 0.25) is 0 Å². The maximum atomic E-state index is 11.5. The summed E-state index contributed by atoms with van der Waals surface area (Å²) in [6.45, 7) is 9.06. The average molecular weight is 254 g/mol. The zero-order valence-electron chi connectivity index (χ0n) is 11.8. The van der Waals surface area contributed by atoms with Crippen molar-refractivity contribution in [2.45, 2.75) is 51.6 Å². The fraction of sp³-hybridized carbons (Fsp3) is 0.929. The normalized spacial score (nSPS) is 28.6. The molecule has 1 aliphatic carbocycles. The van der Waals surface area contributed by atoms with Crippen LogP contribution in [0.15, 0.2) is 0 Å². The van der Waals surface area contributed by atoms with Crippen LogP contribution in [0.1, 0.15) is 40.0 Å². The average Bonchev–Trinajstić information content (AvgIpc) is 2.94. The highest BCUT2D eigenvalue weighted by Crippen LogP contribution is 2.27. The van der Waals surface area contributed by atoms with E-state index >= 15 is 0 Å². The van der Waals surface area contributed by atoms with E-state index < -0.39 is 11.5 Å². The first kappa shape index (κ1) is 13.8. The van der Waals surface area contributed by atoms with Gasteiger partial charge < -0.3 is 10.0 Å². The number of likely N-dealkylation sites (tertiary alicyclic amines) is 1. The highest BCUT2D eigenvalue weighted by atomic mass is 16.4. The van der Waals surface area contributed by atoms with Crippen molar-refractivity contribution in [2.75, 3.05) is 19.6 Å². The third-order valence-corrected chi connectivity index (χ3v) is 4.36. The summed E-state index contributed by atoms with van der Waals surface area (Å²) in [7, 11) is 0. The highest BCUT2D eigenvalue weighted by molar-refractivity contribution is 5.78. The quantitative estimate of drug-likeness (QED) is 0.755. The molecule has 1 saturated carbocycles. The standard InChI is InChI=1S/C14H26N2O2/c1-10(2)11-6-7-16(8-11)9-14(3,13(17)18)15-12-4-5-12/h10-12,15H,4-9H2,1-3H3,(H,17,18). The molecule has 0 amide bonds. The van der Waals surface area contributed by atoms with Crippen molar-refractivity contribution in [1.82, 2.24) is 10.2 Å². The van der Waals surface area contributed by atoms with Gasteiger partial charge >= 0.3 is 5.97 Å². The molecule has 104 valence electrons. The number of carbonyl (C=O) groups is 1. The smallest absolute Gasteiger partial charge is 0.324 e. The van der Waals surface area contributed by atoms with Crippen LogP contribution in [0.3, 0.4) is 0 Å². The van der Waals surface area contributed by atoms with Crippen molar-refractivity contribution in [3.63, 3.8) is 0 Å². The molecule has 0 aromatic carbocycles. The fourth-order valence-electron chi connectivity index (χ4n) is 2.85. The molecular formula is C14H26N2O2. The molecule has 2 N–H and O–H groups in total. The largest absolute Gasteiger partial charge is 0.480 e. The molecule has 0 aromatic rings. The van der Waals surface area contributed by atoms with Gasteiger partial charge in [-0.05, 0) is 44.6 Å². The Labute approximate surface area is 110 Å². The second-order valence-corrected chi connectivity index (χ2v) is 6.58. The minimum atomic E-state index is -0.785. The second kappa shape index (κ2) is 5.17. The van der Waals surface area contributed by atoms with Crippen LogP contribution < -0.4 is 5.32 Å². The molecule has 1 saturated heterocycles. The van der Waals surface area contributed by atoms with Crippen LogP contribution in [0, 0.1) is 11.8 Å². The van der Waals surface area contributed by atoms with Crippen LogP contribution in [-0.4, -0.2) is 47.2 Å². The molecule has 2 unspecified atom stereocenters. The lowest BCUT2D eigenvalue weighted by atomic mass is 9.95. The van der Waals surface area contributed by atoms with E-state index in [4.69, 9.17) is 0 Å². The monoisotopic (exact) mass is 254 g/mol. The Bertz CT molecular complexity index is 315. The maximum absolute atomic E-state index is 11.5. The maximum Gasteiger partial charge on any atom is 0.324 e. The highest BCUT2D eigenvalue weighted by Gasteiger charge is 2.41. The Morgan fingerprint density at radius 3 is 2.56 bits per heavy atom. The summed E-state index contributed by atoms with van der Waals surface area (Å²) in [5, 5.41) is 12.8. The minimum Gasteiger partial charge on any atom is -0.480 e. The predicted molar refractivity (Wildman–Crippen MR) is 71.6 cm³/mol. The van der Waals surface area contributed by atoms with E-state index in [-0.39, 0.29) is 0 Å². The van der Waals surface area contributed by atoms with Gasteiger partial charge in [0.1, 0.15) is 5.54 Å². The van der Waals surface area contributed by atoms with Crippen molar-refractivity contribution >= 4 is 5.97 Å². The number of carboxylic acid groups (broad SMARTS) is 1. The lowest BCUT2D eigenvalue weighted by Gasteiger charge is -2.31. The molecule has 2 rings (SSSR count). The van der Waals surface area contributed by atoms with Crippen LogP contribution in [0.5, 0.6) is 0 Å². The van der Waals surface area contributed by atoms with E-state index in [2.05, 4.69) is 24.1 Å². The first-order valence-corrected chi connectivity index (χ1v) is 7.14. The summed E-state index contributed by atoms with van der Waals surface area (Å²) in [6.07, 6.45) is 3.45. The van der Waals surface area contributed by atoms with E-state index in [9.17, 15) is 9.90 Å². The summed E-state index contributed by atoms with van der Waals surface area (Å²) < 4.78 is 0. The van der Waals surface area contributed by atoms with Crippen LogP contribution in [0.25, 0.3) is 0 Å². The minimum absolute atomic E-state index is 0.426. The molecule has 4 heteroatoms. The van der Waals surface area contributed by atoms with E-state index in [0.29, 0.717) is 18.5 Å². The second-order valence-electron chi connectivity index (χ2n) is 6.58. The van der Waals surface area contributed by atoms with Crippen LogP contribution in [-0.2, 0) is 4.79 Å². The van der Waals surface area contributed by atoms with E-state index in [0.717, 1.165) is 31.8 Å². The molecule has 1 aliphatic heterocycles. The van der Waals surface area contributed by atoms with Gasteiger partial charge in [0.25, 0.3) is 0 Å². The van der Waals surface area contributed by atoms with Crippen LogP contribution >= 0.6 is 0 Å². The van der Waals surface area contributed by atoms with Gasteiger partial charge in [-0.1, -0.05) is 13.8 Å². The Hall–Kier alpha value is -0.610. The first-order chi connectivity index (χ1) is 8.40.